The van der Waals surface area contributed by atoms with Gasteiger partial charge in [-0.3, -0.25) is 10.2 Å². The van der Waals surface area contributed by atoms with E-state index in [0.29, 0.717) is 31.2 Å². The van der Waals surface area contributed by atoms with E-state index in [1.54, 1.807) is 6.08 Å². The van der Waals surface area contributed by atoms with Crippen molar-refractivity contribution in [2.75, 3.05) is 32.2 Å². The molecule has 3 aromatic rings. The van der Waals surface area contributed by atoms with E-state index in [9.17, 15) is 4.79 Å². The van der Waals surface area contributed by atoms with Crippen LogP contribution in [-0.2, 0) is 16.1 Å². The number of halogens is 1. The maximum Gasteiger partial charge on any atom is 0.266 e. The second-order valence-electron chi connectivity index (χ2n) is 9.67. The molecule has 0 saturated carbocycles. The van der Waals surface area contributed by atoms with Crippen LogP contribution in [0.3, 0.4) is 0 Å². The maximum absolute atomic E-state index is 13.9. The molecule has 9 heteroatoms. The molecule has 4 rings (SSSR count). The van der Waals surface area contributed by atoms with Crippen molar-refractivity contribution >= 4 is 33.4 Å². The molecule has 0 spiro atoms. The van der Waals surface area contributed by atoms with E-state index >= 15 is 0 Å². The van der Waals surface area contributed by atoms with Crippen LogP contribution in [0, 0.1) is 0 Å². The number of carbonyl (C=O) groups is 1. The average molecular weight is 608 g/mol. The number of nitrogens with one attached hydrogen (secondary N) is 2. The molecule has 0 unspecified atom stereocenters. The second kappa shape index (κ2) is 13.6. The molecule has 3 aromatic carbocycles. The molecule has 1 aliphatic heterocycles. The quantitative estimate of drug-likeness (QED) is 0.145. The highest BCUT2D eigenvalue weighted by atomic mass is 79.9. The van der Waals surface area contributed by atoms with E-state index < -0.39 is 11.6 Å². The molecular weight excluding hydrogens is 572 g/mol. The van der Waals surface area contributed by atoms with Crippen LogP contribution in [0.15, 0.2) is 94.9 Å². The number of rotatable bonds is 13. The van der Waals surface area contributed by atoms with Crippen LogP contribution in [0.25, 0.3) is 0 Å². The Kier molecular flexibility index (Phi) is 9.98. The van der Waals surface area contributed by atoms with E-state index in [0.717, 1.165) is 26.9 Å². The van der Waals surface area contributed by atoms with E-state index in [4.69, 9.17) is 19.6 Å². The van der Waals surface area contributed by atoms with Crippen molar-refractivity contribution < 1.29 is 19.4 Å². The smallest absolute Gasteiger partial charge is 0.266 e. The van der Waals surface area contributed by atoms with Gasteiger partial charge < -0.3 is 19.5 Å². The largest absolute Gasteiger partial charge is 0.494 e. The number of hydrazine groups is 1. The first-order valence-corrected chi connectivity index (χ1v) is 13.9. The van der Waals surface area contributed by atoms with E-state index in [2.05, 4.69) is 33.4 Å². The SMILES string of the molecule is C=CC[C@]1(C(=O)NNCc2ccc(N(C)C)cc2)N=C(c2ccc(OCCCO)cc2)O[C@H]1c1ccccc1Br. The Hall–Kier alpha value is -3.66. The van der Waals surface area contributed by atoms with Crippen LogP contribution in [0.2, 0.25) is 0 Å². The molecule has 0 aliphatic carbocycles. The predicted molar refractivity (Wildman–Crippen MR) is 161 cm³/mol. The number of aliphatic hydroxyl groups is 1. The van der Waals surface area contributed by atoms with Gasteiger partial charge in [0, 0.05) is 61.4 Å². The van der Waals surface area contributed by atoms with Gasteiger partial charge in [0.25, 0.3) is 5.91 Å². The average Bonchev–Trinajstić information content (AvgIpc) is 3.34. The molecular formula is C31H35BrN4O4. The summed E-state index contributed by atoms with van der Waals surface area (Å²) in [5, 5.41) is 8.99. The normalized spacial score (nSPS) is 18.0. The molecule has 0 saturated heterocycles. The first kappa shape index (κ1) is 29.3. The van der Waals surface area contributed by atoms with Gasteiger partial charge in [-0.1, -0.05) is 52.3 Å². The Bertz CT molecular complexity index is 1330. The minimum Gasteiger partial charge on any atom is -0.494 e. The minimum atomic E-state index is -1.29. The predicted octanol–water partition coefficient (Wildman–Crippen LogP) is 4.93. The maximum atomic E-state index is 13.9. The van der Waals surface area contributed by atoms with Crippen LogP contribution in [0.4, 0.5) is 5.69 Å². The molecule has 1 aliphatic rings. The molecule has 0 aromatic heterocycles. The van der Waals surface area contributed by atoms with Crippen LogP contribution in [0.5, 0.6) is 5.75 Å². The number of hydrogen-bond acceptors (Lipinski definition) is 7. The van der Waals surface area contributed by atoms with Crippen molar-refractivity contribution in [2.24, 2.45) is 4.99 Å². The van der Waals surface area contributed by atoms with Crippen molar-refractivity contribution in [3.05, 3.63) is 107 Å². The third-order valence-electron chi connectivity index (χ3n) is 6.62. The standard InChI is InChI=1S/C31H35BrN4O4/c1-4-18-31(30(38)35-33-21-22-10-14-24(15-11-22)36(2)3)28(26-8-5-6-9-27(26)32)40-29(34-31)23-12-16-25(17-13-23)39-20-7-19-37/h4-6,8-17,28,33,37H,1,7,18-21H2,2-3H3,(H,35,38)/t28-,31-/m0/s1. The third-order valence-corrected chi connectivity index (χ3v) is 7.34. The van der Waals surface area contributed by atoms with Crippen molar-refractivity contribution in [1.29, 1.82) is 0 Å². The summed E-state index contributed by atoms with van der Waals surface area (Å²) in [7, 11) is 3.99. The van der Waals surface area contributed by atoms with Crippen molar-refractivity contribution in [3.63, 3.8) is 0 Å². The van der Waals surface area contributed by atoms with Gasteiger partial charge in [-0.05, 0) is 48.0 Å². The van der Waals surface area contributed by atoms with Gasteiger partial charge in [-0.25, -0.2) is 10.4 Å². The summed E-state index contributed by atoms with van der Waals surface area (Å²) in [6, 6.07) is 23.1. The lowest BCUT2D eigenvalue weighted by molar-refractivity contribution is -0.129. The summed E-state index contributed by atoms with van der Waals surface area (Å²) >= 11 is 3.63. The Balaban J connectivity index is 1.59. The third kappa shape index (κ3) is 6.72. The molecule has 1 amide bonds. The number of amides is 1. The lowest BCUT2D eigenvalue weighted by Gasteiger charge is -2.30. The van der Waals surface area contributed by atoms with Crippen LogP contribution < -0.4 is 20.5 Å². The molecule has 1 heterocycles. The molecule has 2 atom stereocenters. The van der Waals surface area contributed by atoms with Crippen molar-refractivity contribution in [1.82, 2.24) is 10.9 Å². The Labute approximate surface area is 243 Å². The lowest BCUT2D eigenvalue weighted by atomic mass is 9.84. The fourth-order valence-electron chi connectivity index (χ4n) is 4.45. The molecule has 8 nitrogen and oxygen atoms in total. The fourth-order valence-corrected chi connectivity index (χ4v) is 4.94. The van der Waals surface area contributed by atoms with Crippen molar-refractivity contribution in [3.8, 4) is 5.75 Å². The van der Waals surface area contributed by atoms with Gasteiger partial charge in [0.15, 0.2) is 11.6 Å². The van der Waals surface area contributed by atoms with Gasteiger partial charge in [0.05, 0.1) is 6.61 Å². The van der Waals surface area contributed by atoms with Gasteiger partial charge in [0.2, 0.25) is 5.90 Å². The molecule has 3 N–H and O–H groups in total. The Morgan fingerprint density at radius 2 is 1.88 bits per heavy atom. The van der Waals surface area contributed by atoms with E-state index in [-0.39, 0.29) is 18.9 Å². The van der Waals surface area contributed by atoms with Gasteiger partial charge in [-0.2, -0.15) is 0 Å². The monoisotopic (exact) mass is 606 g/mol. The number of anilines is 1. The summed E-state index contributed by atoms with van der Waals surface area (Å²) in [5.41, 5.74) is 8.30. The number of aliphatic hydroxyl groups excluding tert-OH is 1. The first-order chi connectivity index (χ1) is 19.4. The lowest BCUT2D eigenvalue weighted by Crippen LogP contribution is -2.52. The molecule has 40 heavy (non-hydrogen) atoms. The summed E-state index contributed by atoms with van der Waals surface area (Å²) in [6.07, 6.45) is 1.81. The topological polar surface area (TPSA) is 95.4 Å². The number of aliphatic imine (C=N–C) groups is 1. The zero-order chi connectivity index (χ0) is 28.5. The van der Waals surface area contributed by atoms with Crippen LogP contribution in [0.1, 0.15) is 35.6 Å². The minimum absolute atomic E-state index is 0.0736. The number of benzene rings is 3. The van der Waals surface area contributed by atoms with Crippen molar-refractivity contribution in [2.45, 2.75) is 31.0 Å². The highest BCUT2D eigenvalue weighted by Gasteiger charge is 2.53. The second-order valence-corrected chi connectivity index (χ2v) is 10.5. The molecule has 0 bridgehead atoms. The van der Waals surface area contributed by atoms with Gasteiger partial charge >= 0.3 is 0 Å². The van der Waals surface area contributed by atoms with Gasteiger partial charge in [0.1, 0.15) is 5.75 Å². The fraction of sp³-hybridized carbons (Fsp3) is 0.290. The van der Waals surface area contributed by atoms with E-state index in [1.807, 2.05) is 91.8 Å². The number of hydrogen-bond donors (Lipinski definition) is 3. The summed E-state index contributed by atoms with van der Waals surface area (Å²) in [4.78, 5) is 20.8. The van der Waals surface area contributed by atoms with Gasteiger partial charge in [-0.15, -0.1) is 6.58 Å². The number of carbonyl (C=O) groups excluding carboxylic acids is 1. The highest BCUT2D eigenvalue weighted by Crippen LogP contribution is 2.44. The number of ether oxygens (including phenoxy) is 2. The van der Waals surface area contributed by atoms with Crippen LogP contribution in [-0.4, -0.2) is 49.8 Å². The van der Waals surface area contributed by atoms with Crippen LogP contribution >= 0.6 is 15.9 Å². The zero-order valence-corrected chi connectivity index (χ0v) is 24.4. The highest BCUT2D eigenvalue weighted by molar-refractivity contribution is 9.10. The summed E-state index contributed by atoms with van der Waals surface area (Å²) in [6.45, 7) is 4.86. The number of nitrogens with zero attached hydrogens (tertiary/aromatic N) is 2. The Morgan fingerprint density at radius 3 is 2.52 bits per heavy atom. The summed E-state index contributed by atoms with van der Waals surface area (Å²) < 4.78 is 12.9. The summed E-state index contributed by atoms with van der Waals surface area (Å²) in [5.74, 6) is 0.715. The molecule has 0 fully saturated rings. The zero-order valence-electron chi connectivity index (χ0n) is 22.8. The Morgan fingerprint density at radius 1 is 1.15 bits per heavy atom. The van der Waals surface area contributed by atoms with E-state index in [1.165, 1.54) is 0 Å². The molecule has 210 valence electrons. The molecule has 0 radical (unpaired) electrons. The first-order valence-electron chi connectivity index (χ1n) is 13.1.